The molecule has 0 heterocycles. The highest BCUT2D eigenvalue weighted by molar-refractivity contribution is 5.74. The van der Waals surface area contributed by atoms with Crippen molar-refractivity contribution < 1.29 is 14.3 Å². The van der Waals surface area contributed by atoms with Crippen molar-refractivity contribution in [2.45, 2.75) is 72.3 Å². The average molecular weight is 383 g/mol. The zero-order valence-corrected chi connectivity index (χ0v) is 18.3. The molecule has 1 unspecified atom stereocenters. The third-order valence-electron chi connectivity index (χ3n) is 4.92. The highest BCUT2D eigenvalue weighted by Gasteiger charge is 2.24. The van der Waals surface area contributed by atoms with E-state index in [1.807, 2.05) is 64.1 Å². The maximum Gasteiger partial charge on any atom is 0.314 e. The van der Waals surface area contributed by atoms with Gasteiger partial charge >= 0.3 is 5.97 Å². The van der Waals surface area contributed by atoms with Gasteiger partial charge in [0, 0.05) is 5.41 Å². The van der Waals surface area contributed by atoms with E-state index in [2.05, 4.69) is 32.9 Å². The molecule has 2 rings (SSSR count). The Labute approximate surface area is 170 Å². The van der Waals surface area contributed by atoms with Crippen molar-refractivity contribution in [1.29, 1.82) is 0 Å². The summed E-state index contributed by atoms with van der Waals surface area (Å²) in [6, 6.07) is 16.1. The lowest BCUT2D eigenvalue weighted by molar-refractivity contribution is -0.138. The molecule has 0 saturated carbocycles. The summed E-state index contributed by atoms with van der Waals surface area (Å²) in [5.74, 6) is 1.23. The molecule has 1 atom stereocenters. The monoisotopic (exact) mass is 382 g/mol. The van der Waals surface area contributed by atoms with Crippen LogP contribution in [-0.4, -0.2) is 11.6 Å². The van der Waals surface area contributed by atoms with Crippen LogP contribution in [0.25, 0.3) is 0 Å². The molecule has 0 saturated heterocycles. The molecule has 0 aromatic heterocycles. The van der Waals surface area contributed by atoms with E-state index < -0.39 is 0 Å². The van der Waals surface area contributed by atoms with Crippen LogP contribution in [0.4, 0.5) is 0 Å². The average Bonchev–Trinajstić information content (AvgIpc) is 2.61. The third kappa shape index (κ3) is 5.85. The van der Waals surface area contributed by atoms with E-state index in [1.165, 1.54) is 11.1 Å². The Kier molecular flexibility index (Phi) is 6.92. The highest BCUT2D eigenvalue weighted by Crippen LogP contribution is 2.34. The van der Waals surface area contributed by atoms with Crippen LogP contribution < -0.4 is 9.47 Å². The third-order valence-corrected chi connectivity index (χ3v) is 4.92. The molecular weight excluding hydrogens is 348 g/mol. The van der Waals surface area contributed by atoms with Gasteiger partial charge in [0.15, 0.2) is 0 Å². The summed E-state index contributed by atoms with van der Waals surface area (Å²) in [6.45, 7) is 14.5. The van der Waals surface area contributed by atoms with Crippen LogP contribution in [-0.2, 0) is 10.2 Å². The molecule has 0 spiro atoms. The smallest absolute Gasteiger partial charge is 0.314 e. The van der Waals surface area contributed by atoms with Gasteiger partial charge in [0.1, 0.15) is 17.1 Å². The van der Waals surface area contributed by atoms with Gasteiger partial charge in [0.2, 0.25) is 0 Å². The summed E-state index contributed by atoms with van der Waals surface area (Å²) in [5, 5.41) is 0. The first-order chi connectivity index (χ1) is 13.0. The van der Waals surface area contributed by atoms with Gasteiger partial charge in [-0.15, -0.1) is 0 Å². The summed E-state index contributed by atoms with van der Waals surface area (Å²) < 4.78 is 11.4. The molecule has 0 aliphatic rings. The van der Waals surface area contributed by atoms with Crippen molar-refractivity contribution in [2.75, 3.05) is 0 Å². The van der Waals surface area contributed by atoms with E-state index in [1.54, 1.807) is 0 Å². The van der Waals surface area contributed by atoms with E-state index in [4.69, 9.17) is 9.47 Å². The van der Waals surface area contributed by atoms with Crippen LogP contribution in [0.1, 0.15) is 72.4 Å². The van der Waals surface area contributed by atoms with E-state index in [0.717, 1.165) is 18.6 Å². The lowest BCUT2D eigenvalue weighted by Crippen LogP contribution is -2.23. The molecule has 28 heavy (non-hydrogen) atoms. The summed E-state index contributed by atoms with van der Waals surface area (Å²) in [6.07, 6.45) is 1.82. The second-order valence-electron chi connectivity index (χ2n) is 9.00. The molecular formula is C25H34O3. The number of ether oxygens (including phenoxy) is 2. The number of benzene rings is 2. The summed E-state index contributed by atoms with van der Waals surface area (Å²) in [7, 11) is 0. The Balaban J connectivity index is 2.12. The summed E-state index contributed by atoms with van der Waals surface area (Å²) in [4.78, 5) is 12.1. The van der Waals surface area contributed by atoms with Crippen LogP contribution >= 0.6 is 0 Å². The van der Waals surface area contributed by atoms with Crippen molar-refractivity contribution in [3.8, 4) is 11.5 Å². The Bertz CT molecular complexity index is 765. The first-order valence-corrected chi connectivity index (χ1v) is 10.1. The molecule has 3 nitrogen and oxygen atoms in total. The predicted molar refractivity (Wildman–Crippen MR) is 115 cm³/mol. The second kappa shape index (κ2) is 8.81. The van der Waals surface area contributed by atoms with Crippen LogP contribution in [0.5, 0.6) is 11.5 Å². The number of hydrogen-bond donors (Lipinski definition) is 0. The normalized spacial score (nSPS) is 13.1. The Hall–Kier alpha value is -2.29. The number of carbonyl (C=O) groups excluding carboxylic acids is 1. The second-order valence-corrected chi connectivity index (χ2v) is 9.00. The van der Waals surface area contributed by atoms with Crippen LogP contribution in [0.3, 0.4) is 0 Å². The molecule has 2 aromatic carbocycles. The summed E-state index contributed by atoms with van der Waals surface area (Å²) >= 11 is 0. The number of carbonyl (C=O) groups is 1. The van der Waals surface area contributed by atoms with E-state index in [9.17, 15) is 4.79 Å². The van der Waals surface area contributed by atoms with Gasteiger partial charge in [-0.05, 0) is 62.6 Å². The molecule has 2 aromatic rings. The van der Waals surface area contributed by atoms with Crippen LogP contribution in [0.2, 0.25) is 0 Å². The van der Waals surface area contributed by atoms with E-state index >= 15 is 0 Å². The van der Waals surface area contributed by atoms with Crippen LogP contribution in [0.15, 0.2) is 48.5 Å². The zero-order valence-electron chi connectivity index (χ0n) is 18.3. The Morgan fingerprint density at radius 3 is 1.75 bits per heavy atom. The molecule has 0 bridgehead atoms. The molecule has 0 fully saturated rings. The van der Waals surface area contributed by atoms with Gasteiger partial charge < -0.3 is 9.47 Å². The fourth-order valence-corrected chi connectivity index (χ4v) is 3.17. The minimum absolute atomic E-state index is 0.0741. The minimum atomic E-state index is -0.209. The largest absolute Gasteiger partial charge is 0.488 e. The molecule has 3 heteroatoms. The molecule has 0 aliphatic carbocycles. The van der Waals surface area contributed by atoms with Crippen molar-refractivity contribution in [2.24, 2.45) is 5.92 Å². The number of hydrogen-bond acceptors (Lipinski definition) is 3. The molecule has 152 valence electrons. The first kappa shape index (κ1) is 22.0. The van der Waals surface area contributed by atoms with Gasteiger partial charge in [-0.1, -0.05) is 58.4 Å². The molecule has 0 radical (unpaired) electrons. The van der Waals surface area contributed by atoms with Crippen molar-refractivity contribution in [3.63, 3.8) is 0 Å². The predicted octanol–water partition coefficient (Wildman–Crippen LogP) is 6.53. The van der Waals surface area contributed by atoms with Crippen LogP contribution in [0, 0.1) is 5.92 Å². The lowest BCUT2D eigenvalue weighted by Gasteiger charge is -2.27. The van der Waals surface area contributed by atoms with Gasteiger partial charge in [-0.25, -0.2) is 0 Å². The van der Waals surface area contributed by atoms with Gasteiger partial charge in [0.05, 0.1) is 5.92 Å². The fourth-order valence-electron chi connectivity index (χ4n) is 3.17. The Morgan fingerprint density at radius 1 is 0.857 bits per heavy atom. The highest BCUT2D eigenvalue weighted by atomic mass is 16.5. The molecule has 0 N–H and O–H groups in total. The van der Waals surface area contributed by atoms with E-state index in [0.29, 0.717) is 5.75 Å². The zero-order chi connectivity index (χ0) is 20.9. The standard InChI is InChI=1S/C25H34O3/c1-8-9-18(2)23(26)27-21-14-10-19(11-15-21)25(6,7)20-12-16-22(17-13-20)28-24(3,4)5/h10-18H,8-9H2,1-7H3. The summed E-state index contributed by atoms with van der Waals surface area (Å²) in [5.41, 5.74) is 1.99. The maximum atomic E-state index is 12.1. The van der Waals surface area contributed by atoms with Crippen molar-refractivity contribution in [3.05, 3.63) is 59.7 Å². The number of rotatable bonds is 7. The van der Waals surface area contributed by atoms with Gasteiger partial charge in [-0.2, -0.15) is 0 Å². The topological polar surface area (TPSA) is 35.5 Å². The first-order valence-electron chi connectivity index (χ1n) is 10.1. The number of esters is 1. The van der Waals surface area contributed by atoms with Crippen molar-refractivity contribution >= 4 is 5.97 Å². The lowest BCUT2D eigenvalue weighted by atomic mass is 9.78. The quantitative estimate of drug-likeness (QED) is 0.403. The SMILES string of the molecule is CCCC(C)C(=O)Oc1ccc(C(C)(C)c2ccc(OC(C)(C)C)cc2)cc1. The maximum absolute atomic E-state index is 12.1. The Morgan fingerprint density at radius 2 is 1.32 bits per heavy atom. The minimum Gasteiger partial charge on any atom is -0.488 e. The fraction of sp³-hybridized carbons (Fsp3) is 0.480. The molecule has 0 amide bonds. The van der Waals surface area contributed by atoms with Gasteiger partial charge in [-0.3, -0.25) is 4.79 Å². The van der Waals surface area contributed by atoms with E-state index in [-0.39, 0.29) is 22.9 Å². The van der Waals surface area contributed by atoms with Gasteiger partial charge in [0.25, 0.3) is 0 Å². The van der Waals surface area contributed by atoms with Crippen molar-refractivity contribution in [1.82, 2.24) is 0 Å². The molecule has 0 aliphatic heterocycles.